The first kappa shape index (κ1) is 36.2. The van der Waals surface area contributed by atoms with Crippen molar-refractivity contribution in [2.75, 3.05) is 23.9 Å². The Balaban J connectivity index is 1.12. The number of hydrogen-bond donors (Lipinski definition) is 3. The van der Waals surface area contributed by atoms with Gasteiger partial charge in [0.05, 0.1) is 43.7 Å². The maximum Gasteiger partial charge on any atom is 0.264 e. The molecule has 0 saturated carbocycles. The van der Waals surface area contributed by atoms with E-state index in [0.717, 1.165) is 22.4 Å². The molecule has 11 nitrogen and oxygen atoms in total. The molecule has 4 aromatic carbocycles. The highest BCUT2D eigenvalue weighted by Crippen LogP contribution is 2.59. The lowest BCUT2D eigenvalue weighted by molar-refractivity contribution is -0.146. The third-order valence-electron chi connectivity index (χ3n) is 10.7. The molecule has 5 atom stereocenters. The van der Waals surface area contributed by atoms with Crippen LogP contribution in [0.5, 0.6) is 5.75 Å². The summed E-state index contributed by atoms with van der Waals surface area (Å²) in [5.41, 5.74) is 3.63. The molecule has 1 unspecified atom stereocenters. The summed E-state index contributed by atoms with van der Waals surface area (Å²) in [4.78, 5) is 41.3. The van der Waals surface area contributed by atoms with E-state index in [1.165, 1.54) is 0 Å². The number of methoxy groups -OCH3 is 1. The lowest BCUT2D eigenvalue weighted by atomic mass is 9.82. The minimum atomic E-state index is -2.87. The van der Waals surface area contributed by atoms with Gasteiger partial charge in [0, 0.05) is 41.0 Å². The maximum atomic E-state index is 14.8. The van der Waals surface area contributed by atoms with Gasteiger partial charge in [-0.2, -0.15) is 0 Å². The third-order valence-corrected chi connectivity index (χ3v) is 13.2. The minimum Gasteiger partial charge on any atom is -0.497 e. The number of anilines is 2. The Morgan fingerprint density at radius 3 is 2.47 bits per heavy atom. The molecular formula is C41H45N5O6Si. The summed E-state index contributed by atoms with van der Waals surface area (Å²) in [6.45, 7) is 6.49. The van der Waals surface area contributed by atoms with E-state index in [2.05, 4.69) is 15.6 Å². The second-order valence-electron chi connectivity index (χ2n) is 14.5. The standard InChI is InChI=1S/C41H45N5O6Si/c1-27-38(53(3,4)50)37(21-22-45-25-35(43-44-45)33(26-47)29-12-6-5-7-13-29)52-41(27)34-15-8-9-16-36(34)46(40(41)49)24-28-11-10-14-31(23-28)42-39(48)30-17-19-32(51-2)20-18-30/h5-20,23,25,27,33,37-38,47,50H,21-22,24,26H2,1-4H3,(H,42,48)/t27-,33?,37+,38-,41+/m0/s1. The number of aliphatic hydroxyl groups excluding tert-OH is 1. The lowest BCUT2D eigenvalue weighted by Gasteiger charge is -2.32. The van der Waals surface area contributed by atoms with Gasteiger partial charge in [-0.15, -0.1) is 5.10 Å². The lowest BCUT2D eigenvalue weighted by Crippen LogP contribution is -2.46. The van der Waals surface area contributed by atoms with E-state index in [9.17, 15) is 19.5 Å². The van der Waals surface area contributed by atoms with Gasteiger partial charge in [0.15, 0.2) is 13.9 Å². The van der Waals surface area contributed by atoms with Gasteiger partial charge in [-0.25, -0.2) is 0 Å². The smallest absolute Gasteiger partial charge is 0.264 e. The van der Waals surface area contributed by atoms with Gasteiger partial charge in [-0.05, 0) is 73.1 Å². The SMILES string of the molecule is COc1ccc(C(=O)Nc2cccc(CN3C(=O)[C@]4(O[C@H](CCn5cc(C(CO)c6ccccc6)nn5)[C@@H]([Si](C)(C)O)[C@@H]4C)c4ccccc43)c2)cc1. The fraction of sp³-hybridized carbons (Fsp3) is 0.317. The van der Waals surface area contributed by atoms with Crippen molar-refractivity contribution in [3.8, 4) is 5.75 Å². The summed E-state index contributed by atoms with van der Waals surface area (Å²) in [6, 6.07) is 31.9. The van der Waals surface area contributed by atoms with Gasteiger partial charge in [-0.3, -0.25) is 14.3 Å². The first-order valence-corrected chi connectivity index (χ1v) is 21.0. The quantitative estimate of drug-likeness (QED) is 0.131. The molecular weight excluding hydrogens is 687 g/mol. The Morgan fingerprint density at radius 2 is 1.75 bits per heavy atom. The summed E-state index contributed by atoms with van der Waals surface area (Å²) < 4.78 is 14.0. The van der Waals surface area contributed by atoms with Gasteiger partial charge in [0.25, 0.3) is 11.8 Å². The zero-order chi connectivity index (χ0) is 37.3. The molecule has 274 valence electrons. The summed E-state index contributed by atoms with van der Waals surface area (Å²) in [7, 11) is -1.29. The van der Waals surface area contributed by atoms with Crippen molar-refractivity contribution in [1.82, 2.24) is 15.0 Å². The van der Waals surface area contributed by atoms with Crippen molar-refractivity contribution in [2.24, 2.45) is 5.92 Å². The van der Waals surface area contributed by atoms with Crippen molar-refractivity contribution < 1.29 is 29.0 Å². The van der Waals surface area contributed by atoms with E-state index >= 15 is 0 Å². The predicted octanol–water partition coefficient (Wildman–Crippen LogP) is 6.10. The molecule has 2 aliphatic rings. The first-order chi connectivity index (χ1) is 25.5. The van der Waals surface area contributed by atoms with E-state index in [1.807, 2.05) is 105 Å². The zero-order valence-electron chi connectivity index (χ0n) is 30.3. The Hall–Kier alpha value is -5.14. The Kier molecular flexibility index (Phi) is 10.1. The van der Waals surface area contributed by atoms with Crippen LogP contribution in [-0.2, 0) is 28.2 Å². The summed E-state index contributed by atoms with van der Waals surface area (Å²) in [5.74, 6) is -0.354. The van der Waals surface area contributed by atoms with Crippen LogP contribution in [0.15, 0.2) is 109 Å². The second kappa shape index (κ2) is 14.7. The topological polar surface area (TPSA) is 139 Å². The molecule has 3 heterocycles. The first-order valence-electron chi connectivity index (χ1n) is 17.9. The number of ether oxygens (including phenoxy) is 2. The molecule has 1 aromatic heterocycles. The highest BCUT2D eigenvalue weighted by atomic mass is 28.4. The number of rotatable bonds is 12. The number of nitrogens with zero attached hydrogens (tertiary/aromatic N) is 4. The molecule has 7 rings (SSSR count). The van der Waals surface area contributed by atoms with E-state index in [4.69, 9.17) is 9.47 Å². The third kappa shape index (κ3) is 6.90. The number of hydrogen-bond acceptors (Lipinski definition) is 8. The van der Waals surface area contributed by atoms with E-state index in [0.29, 0.717) is 35.7 Å². The summed E-state index contributed by atoms with van der Waals surface area (Å²) >= 11 is 0. The molecule has 1 spiro atoms. The van der Waals surface area contributed by atoms with Crippen molar-refractivity contribution >= 4 is 31.5 Å². The molecule has 1 fully saturated rings. The minimum absolute atomic E-state index is 0.0957. The highest BCUT2D eigenvalue weighted by Gasteiger charge is 2.66. The maximum absolute atomic E-state index is 14.8. The van der Waals surface area contributed by atoms with Gasteiger partial charge < -0.3 is 29.6 Å². The number of amides is 2. The van der Waals surface area contributed by atoms with E-state index in [-0.39, 0.29) is 42.3 Å². The van der Waals surface area contributed by atoms with Crippen LogP contribution in [0.2, 0.25) is 18.6 Å². The second-order valence-corrected chi connectivity index (χ2v) is 18.5. The monoisotopic (exact) mass is 731 g/mol. The Morgan fingerprint density at radius 1 is 1.02 bits per heavy atom. The highest BCUT2D eigenvalue weighted by molar-refractivity contribution is 6.71. The molecule has 2 aliphatic heterocycles. The van der Waals surface area contributed by atoms with E-state index < -0.39 is 20.0 Å². The number of para-hydroxylation sites is 1. The average molecular weight is 732 g/mol. The fourth-order valence-corrected chi connectivity index (χ4v) is 10.8. The van der Waals surface area contributed by atoms with Gasteiger partial charge in [-0.1, -0.05) is 72.8 Å². The van der Waals surface area contributed by atoms with Gasteiger partial charge >= 0.3 is 0 Å². The predicted molar refractivity (Wildman–Crippen MR) is 204 cm³/mol. The number of aliphatic hydroxyl groups is 1. The Bertz CT molecular complexity index is 2080. The van der Waals surface area contributed by atoms with Crippen molar-refractivity contribution in [3.63, 3.8) is 0 Å². The molecule has 12 heteroatoms. The summed E-state index contributed by atoms with van der Waals surface area (Å²) in [5, 5.41) is 21.9. The van der Waals surface area contributed by atoms with Crippen LogP contribution in [0.4, 0.5) is 11.4 Å². The molecule has 1 saturated heterocycles. The van der Waals surface area contributed by atoms with Crippen molar-refractivity contribution in [2.45, 2.75) is 62.7 Å². The number of carbonyl (C=O) groups excluding carboxylic acids is 2. The normalized spacial score (nSPS) is 21.5. The number of fused-ring (bicyclic) bond motifs is 2. The fourth-order valence-electron chi connectivity index (χ4n) is 8.23. The van der Waals surface area contributed by atoms with Crippen LogP contribution in [0.25, 0.3) is 0 Å². The van der Waals surface area contributed by atoms with Crippen LogP contribution in [-0.4, -0.2) is 64.8 Å². The number of aryl methyl sites for hydroxylation is 1. The van der Waals surface area contributed by atoms with Crippen LogP contribution in [0, 0.1) is 5.92 Å². The average Bonchev–Trinajstić information content (AvgIpc) is 3.82. The molecule has 53 heavy (non-hydrogen) atoms. The van der Waals surface area contributed by atoms with Crippen molar-refractivity contribution in [3.05, 3.63) is 137 Å². The number of nitrogens with one attached hydrogen (secondary N) is 1. The van der Waals surface area contributed by atoms with Gasteiger partial charge in [0.2, 0.25) is 0 Å². The molecule has 0 bridgehead atoms. The van der Waals surface area contributed by atoms with Crippen molar-refractivity contribution in [1.29, 1.82) is 0 Å². The van der Waals surface area contributed by atoms with Gasteiger partial charge in [0.1, 0.15) is 5.75 Å². The van der Waals surface area contributed by atoms with E-state index in [1.54, 1.807) is 41.0 Å². The zero-order valence-corrected chi connectivity index (χ0v) is 31.3. The number of carbonyl (C=O) groups is 2. The van der Waals surface area contributed by atoms with Crippen LogP contribution in [0.3, 0.4) is 0 Å². The largest absolute Gasteiger partial charge is 0.497 e. The van der Waals surface area contributed by atoms with Crippen LogP contribution < -0.4 is 15.0 Å². The molecule has 0 radical (unpaired) electrons. The Labute approximate surface area is 310 Å². The molecule has 5 aromatic rings. The van der Waals surface area contributed by atoms with Crippen LogP contribution in [0.1, 0.15) is 52.0 Å². The molecule has 2 amide bonds. The van der Waals surface area contributed by atoms with Crippen LogP contribution >= 0.6 is 0 Å². The summed E-state index contributed by atoms with van der Waals surface area (Å²) in [6.07, 6.45) is 1.95. The number of aromatic nitrogens is 3. The number of benzene rings is 4. The molecule has 0 aliphatic carbocycles. The molecule has 3 N–H and O–H groups in total.